The molecule has 2 N–H and O–H groups in total. The van der Waals surface area contributed by atoms with Crippen molar-refractivity contribution in [2.45, 2.75) is 45.0 Å². The summed E-state index contributed by atoms with van der Waals surface area (Å²) in [5, 5.41) is 3.39. The molecule has 0 aliphatic rings. The van der Waals surface area contributed by atoms with Gasteiger partial charge in [-0.15, -0.1) is 0 Å². The molecule has 0 aromatic heterocycles. The average Bonchev–Trinajstić information content (AvgIpc) is 2.67. The van der Waals surface area contributed by atoms with Crippen LogP contribution in [0.15, 0.2) is 48.5 Å². The third-order valence-electron chi connectivity index (χ3n) is 4.36. The van der Waals surface area contributed by atoms with Crippen molar-refractivity contribution < 1.29 is 13.2 Å². The van der Waals surface area contributed by atoms with Gasteiger partial charge in [0.05, 0.1) is 12.4 Å². The third kappa shape index (κ3) is 7.71. The molecule has 2 aromatic carbocycles. The molecule has 2 aromatic rings. The first kappa shape index (κ1) is 21.4. The van der Waals surface area contributed by atoms with Crippen LogP contribution in [0.2, 0.25) is 0 Å². The van der Waals surface area contributed by atoms with E-state index in [0.717, 1.165) is 35.5 Å². The van der Waals surface area contributed by atoms with E-state index < -0.39 is 10.0 Å². The van der Waals surface area contributed by atoms with Crippen molar-refractivity contribution in [1.82, 2.24) is 10.0 Å². The van der Waals surface area contributed by atoms with E-state index in [0.29, 0.717) is 13.1 Å². The Bertz CT molecular complexity index is 789. The summed E-state index contributed by atoms with van der Waals surface area (Å²) in [6.07, 6.45) is 3.47. The minimum atomic E-state index is -3.28. The van der Waals surface area contributed by atoms with Gasteiger partial charge in [0, 0.05) is 13.1 Å². The first-order chi connectivity index (χ1) is 13.0. The largest absolute Gasteiger partial charge is 0.494 e. The Morgan fingerprint density at radius 3 is 2.30 bits per heavy atom. The molecule has 0 spiro atoms. The van der Waals surface area contributed by atoms with Gasteiger partial charge in [-0.05, 0) is 42.3 Å². The number of unbranched alkanes of at least 4 members (excludes halogenated alkanes) is 2. The van der Waals surface area contributed by atoms with Gasteiger partial charge in [0.1, 0.15) is 5.75 Å². The van der Waals surface area contributed by atoms with E-state index in [-0.39, 0.29) is 5.75 Å². The molecule has 0 radical (unpaired) electrons. The van der Waals surface area contributed by atoms with E-state index in [9.17, 15) is 8.42 Å². The van der Waals surface area contributed by atoms with Crippen molar-refractivity contribution in [1.29, 1.82) is 0 Å². The van der Waals surface area contributed by atoms with Crippen LogP contribution < -0.4 is 14.8 Å². The van der Waals surface area contributed by atoms with Crippen LogP contribution in [0.1, 0.15) is 42.9 Å². The molecule has 0 aliphatic heterocycles. The highest BCUT2D eigenvalue weighted by molar-refractivity contribution is 7.88. The highest BCUT2D eigenvalue weighted by Crippen LogP contribution is 2.14. The van der Waals surface area contributed by atoms with Gasteiger partial charge in [-0.1, -0.05) is 56.2 Å². The maximum Gasteiger partial charge on any atom is 0.215 e. The normalized spacial score (nSPS) is 11.5. The third-order valence-corrected chi connectivity index (χ3v) is 5.67. The number of nitrogens with one attached hydrogen (secondary N) is 2. The van der Waals surface area contributed by atoms with E-state index in [1.54, 1.807) is 0 Å². The second kappa shape index (κ2) is 11.1. The fraction of sp³-hybridized carbons (Fsp3) is 0.429. The molecule has 2 rings (SSSR count). The zero-order valence-electron chi connectivity index (χ0n) is 16.2. The first-order valence-electron chi connectivity index (χ1n) is 9.44. The molecule has 6 heteroatoms. The number of benzene rings is 2. The van der Waals surface area contributed by atoms with Crippen molar-refractivity contribution in [3.05, 3.63) is 65.2 Å². The Balaban J connectivity index is 1.84. The van der Waals surface area contributed by atoms with E-state index in [4.69, 9.17) is 4.74 Å². The second-order valence-corrected chi connectivity index (χ2v) is 8.46. The van der Waals surface area contributed by atoms with Crippen molar-refractivity contribution in [3.8, 4) is 5.75 Å². The van der Waals surface area contributed by atoms with Crippen molar-refractivity contribution in [3.63, 3.8) is 0 Å². The summed E-state index contributed by atoms with van der Waals surface area (Å²) in [6.45, 7) is 4.27. The van der Waals surface area contributed by atoms with Gasteiger partial charge in [-0.2, -0.15) is 0 Å². The predicted octanol–water partition coefficient (Wildman–Crippen LogP) is 3.59. The van der Waals surface area contributed by atoms with Gasteiger partial charge in [0.25, 0.3) is 0 Å². The maximum absolute atomic E-state index is 11.8. The number of rotatable bonds is 12. The van der Waals surface area contributed by atoms with Crippen LogP contribution >= 0.6 is 0 Å². The van der Waals surface area contributed by atoms with E-state index in [1.165, 1.54) is 19.9 Å². The molecule has 0 atom stereocenters. The Morgan fingerprint density at radius 2 is 1.63 bits per heavy atom. The van der Waals surface area contributed by atoms with Gasteiger partial charge >= 0.3 is 0 Å². The van der Waals surface area contributed by atoms with Crippen LogP contribution in [0.25, 0.3) is 0 Å². The summed E-state index contributed by atoms with van der Waals surface area (Å²) in [4.78, 5) is 0. The minimum Gasteiger partial charge on any atom is -0.494 e. The summed E-state index contributed by atoms with van der Waals surface area (Å²) < 4.78 is 31.7. The summed E-state index contributed by atoms with van der Waals surface area (Å²) in [6, 6.07) is 15.7. The van der Waals surface area contributed by atoms with Gasteiger partial charge in [0.2, 0.25) is 10.0 Å². The molecule has 148 valence electrons. The van der Waals surface area contributed by atoms with Crippen LogP contribution in [-0.2, 0) is 28.9 Å². The molecule has 27 heavy (non-hydrogen) atoms. The Morgan fingerprint density at radius 1 is 0.926 bits per heavy atom. The Kier molecular flexibility index (Phi) is 8.78. The molecular weight excluding hydrogens is 360 g/mol. The highest BCUT2D eigenvalue weighted by atomic mass is 32.2. The fourth-order valence-corrected chi connectivity index (χ4v) is 3.57. The zero-order valence-corrected chi connectivity index (χ0v) is 17.0. The quantitative estimate of drug-likeness (QED) is 0.544. The van der Waals surface area contributed by atoms with Crippen LogP contribution in [0.5, 0.6) is 5.75 Å². The molecule has 0 unspecified atom stereocenters. The summed E-state index contributed by atoms with van der Waals surface area (Å²) >= 11 is 0. The molecule has 0 saturated heterocycles. The van der Waals surface area contributed by atoms with Crippen LogP contribution in [0.3, 0.4) is 0 Å². The lowest BCUT2D eigenvalue weighted by molar-refractivity contribution is 0.306. The van der Waals surface area contributed by atoms with Crippen LogP contribution in [0, 0.1) is 0 Å². The SMILES string of the molecule is CCCCCOc1ccc(CNCc2ccccc2CS(=O)(=O)NC)cc1. The van der Waals surface area contributed by atoms with Gasteiger partial charge in [-0.3, -0.25) is 0 Å². The smallest absolute Gasteiger partial charge is 0.215 e. The predicted molar refractivity (Wildman–Crippen MR) is 110 cm³/mol. The molecule has 0 fully saturated rings. The number of hydrogen-bond acceptors (Lipinski definition) is 4. The lowest BCUT2D eigenvalue weighted by Gasteiger charge is -2.11. The molecule has 5 nitrogen and oxygen atoms in total. The summed E-state index contributed by atoms with van der Waals surface area (Å²) in [7, 11) is -1.84. The number of hydrogen-bond donors (Lipinski definition) is 2. The molecule has 0 aliphatic carbocycles. The molecule has 0 saturated carbocycles. The summed E-state index contributed by atoms with van der Waals surface area (Å²) in [5.41, 5.74) is 2.97. The fourth-order valence-electron chi connectivity index (χ4n) is 2.73. The first-order valence-corrected chi connectivity index (χ1v) is 11.1. The molecule has 0 heterocycles. The average molecular weight is 391 g/mol. The van der Waals surface area contributed by atoms with Crippen molar-refractivity contribution in [2.75, 3.05) is 13.7 Å². The van der Waals surface area contributed by atoms with Crippen LogP contribution in [-0.4, -0.2) is 22.1 Å². The summed E-state index contributed by atoms with van der Waals surface area (Å²) in [5.74, 6) is 0.892. The Hall–Kier alpha value is -1.89. The lowest BCUT2D eigenvalue weighted by Crippen LogP contribution is -2.22. The maximum atomic E-state index is 11.8. The van der Waals surface area contributed by atoms with Crippen molar-refractivity contribution >= 4 is 10.0 Å². The standard InChI is InChI=1S/C21H30N2O3S/c1-3-4-7-14-26-21-12-10-18(11-13-21)15-23-16-19-8-5-6-9-20(19)17-27(24,25)22-2/h5-6,8-13,22-23H,3-4,7,14-17H2,1-2H3. The monoisotopic (exact) mass is 390 g/mol. The van der Waals surface area contributed by atoms with Crippen molar-refractivity contribution in [2.24, 2.45) is 0 Å². The van der Waals surface area contributed by atoms with Crippen LogP contribution in [0.4, 0.5) is 0 Å². The molecule has 0 amide bonds. The number of ether oxygens (including phenoxy) is 1. The van der Waals surface area contributed by atoms with E-state index >= 15 is 0 Å². The topological polar surface area (TPSA) is 67.4 Å². The lowest BCUT2D eigenvalue weighted by atomic mass is 10.1. The minimum absolute atomic E-state index is 0.00851. The van der Waals surface area contributed by atoms with E-state index in [2.05, 4.69) is 29.1 Å². The second-order valence-electron chi connectivity index (χ2n) is 6.53. The highest BCUT2D eigenvalue weighted by Gasteiger charge is 2.11. The van der Waals surface area contributed by atoms with E-state index in [1.807, 2.05) is 36.4 Å². The Labute approximate surface area is 163 Å². The number of sulfonamides is 1. The molecular formula is C21H30N2O3S. The van der Waals surface area contributed by atoms with Gasteiger partial charge < -0.3 is 10.1 Å². The zero-order chi connectivity index (χ0) is 19.5. The van der Waals surface area contributed by atoms with Gasteiger partial charge in [0.15, 0.2) is 0 Å². The van der Waals surface area contributed by atoms with Gasteiger partial charge in [-0.25, -0.2) is 13.1 Å². The molecule has 0 bridgehead atoms.